The lowest BCUT2D eigenvalue weighted by Crippen LogP contribution is -2.23. The number of rotatable bonds is 3. The van der Waals surface area contributed by atoms with E-state index < -0.39 is 6.10 Å². The van der Waals surface area contributed by atoms with Crippen LogP contribution in [0.25, 0.3) is 0 Å². The highest BCUT2D eigenvalue weighted by Gasteiger charge is 2.18. The Morgan fingerprint density at radius 3 is 2.71 bits per heavy atom. The van der Waals surface area contributed by atoms with Crippen LogP contribution in [-0.2, 0) is 6.54 Å². The largest absolute Gasteiger partial charge is 0.388 e. The third-order valence-electron chi connectivity index (χ3n) is 1.96. The van der Waals surface area contributed by atoms with Gasteiger partial charge in [0.05, 0.1) is 12.6 Å². The number of nitrogens with zero attached hydrogens (tertiary/aromatic N) is 3. The highest BCUT2D eigenvalue weighted by atomic mass is 16.3. The van der Waals surface area contributed by atoms with Crippen LogP contribution < -0.4 is 0 Å². The molecular weight excluding hydrogens is 178 g/mol. The molecule has 0 radical (unpaired) electrons. The Labute approximate surface area is 84.3 Å². The van der Waals surface area contributed by atoms with Crippen molar-refractivity contribution >= 4 is 0 Å². The fourth-order valence-electron chi connectivity index (χ4n) is 0.913. The highest BCUT2D eigenvalue weighted by molar-refractivity contribution is 4.94. The van der Waals surface area contributed by atoms with E-state index >= 15 is 0 Å². The minimum Gasteiger partial charge on any atom is -0.388 e. The number of aromatic nitrogens is 3. The van der Waals surface area contributed by atoms with Gasteiger partial charge in [-0.15, -0.1) is 0 Å². The van der Waals surface area contributed by atoms with E-state index in [0.717, 1.165) is 0 Å². The van der Waals surface area contributed by atoms with Gasteiger partial charge in [-0.1, -0.05) is 32.9 Å². The van der Waals surface area contributed by atoms with E-state index in [-0.39, 0.29) is 5.41 Å². The molecule has 0 aliphatic rings. The number of hydrogen-bond donors (Lipinski definition) is 1. The summed E-state index contributed by atoms with van der Waals surface area (Å²) in [6.45, 7) is 6.64. The molecule has 1 unspecified atom stereocenters. The number of aliphatic hydroxyl groups is 1. The Bertz CT molecular complexity index is 285. The molecular formula is C10H17N3O. The molecule has 0 aromatic carbocycles. The average Bonchev–Trinajstić information content (AvgIpc) is 2.55. The molecule has 0 spiro atoms. The molecule has 4 heteroatoms. The molecule has 0 saturated carbocycles. The zero-order chi connectivity index (χ0) is 10.6. The molecule has 0 fully saturated rings. The molecule has 0 amide bonds. The summed E-state index contributed by atoms with van der Waals surface area (Å²) in [6.07, 6.45) is 6.40. The summed E-state index contributed by atoms with van der Waals surface area (Å²) in [6, 6.07) is 0. The van der Waals surface area contributed by atoms with Crippen LogP contribution in [-0.4, -0.2) is 26.0 Å². The average molecular weight is 195 g/mol. The first-order valence-electron chi connectivity index (χ1n) is 4.67. The molecule has 78 valence electrons. The van der Waals surface area contributed by atoms with Gasteiger partial charge in [-0.05, 0) is 5.41 Å². The summed E-state index contributed by atoms with van der Waals surface area (Å²) in [5.74, 6) is 0. The lowest BCUT2D eigenvalue weighted by Gasteiger charge is -2.22. The van der Waals surface area contributed by atoms with Crippen molar-refractivity contribution in [3.63, 3.8) is 0 Å². The Morgan fingerprint density at radius 2 is 2.21 bits per heavy atom. The summed E-state index contributed by atoms with van der Waals surface area (Å²) in [5.41, 5.74) is -0.112. The SMILES string of the molecule is CC(C)(C)C(O)/C=C/Cn1cncn1. The molecule has 1 N–H and O–H groups in total. The van der Waals surface area contributed by atoms with Gasteiger partial charge in [-0.25, -0.2) is 9.67 Å². The minimum atomic E-state index is -0.425. The highest BCUT2D eigenvalue weighted by Crippen LogP contribution is 2.19. The molecule has 0 saturated heterocycles. The van der Waals surface area contributed by atoms with Crippen LogP contribution in [0.2, 0.25) is 0 Å². The van der Waals surface area contributed by atoms with Crippen LogP contribution >= 0.6 is 0 Å². The molecule has 1 rings (SSSR count). The maximum absolute atomic E-state index is 9.68. The van der Waals surface area contributed by atoms with Crippen molar-refractivity contribution in [2.75, 3.05) is 0 Å². The van der Waals surface area contributed by atoms with Crippen LogP contribution in [0.15, 0.2) is 24.8 Å². The summed E-state index contributed by atoms with van der Waals surface area (Å²) in [4.78, 5) is 3.82. The first-order valence-corrected chi connectivity index (χ1v) is 4.67. The Balaban J connectivity index is 2.42. The molecule has 4 nitrogen and oxygen atoms in total. The van der Waals surface area contributed by atoms with Crippen LogP contribution in [0, 0.1) is 5.41 Å². The van der Waals surface area contributed by atoms with E-state index in [1.54, 1.807) is 17.1 Å². The van der Waals surface area contributed by atoms with Gasteiger partial charge in [0.25, 0.3) is 0 Å². The van der Waals surface area contributed by atoms with Gasteiger partial charge >= 0.3 is 0 Å². The topological polar surface area (TPSA) is 50.9 Å². The van der Waals surface area contributed by atoms with E-state index in [2.05, 4.69) is 10.1 Å². The fraction of sp³-hybridized carbons (Fsp3) is 0.600. The predicted molar refractivity (Wildman–Crippen MR) is 54.6 cm³/mol. The molecule has 14 heavy (non-hydrogen) atoms. The number of hydrogen-bond acceptors (Lipinski definition) is 3. The van der Waals surface area contributed by atoms with Gasteiger partial charge in [0.2, 0.25) is 0 Å². The van der Waals surface area contributed by atoms with Crippen molar-refractivity contribution in [2.24, 2.45) is 5.41 Å². The zero-order valence-electron chi connectivity index (χ0n) is 8.88. The van der Waals surface area contributed by atoms with Gasteiger partial charge in [0, 0.05) is 0 Å². The summed E-state index contributed by atoms with van der Waals surface area (Å²) in [5, 5.41) is 13.6. The van der Waals surface area contributed by atoms with Crippen molar-refractivity contribution in [1.29, 1.82) is 0 Å². The Morgan fingerprint density at radius 1 is 1.50 bits per heavy atom. The first kappa shape index (κ1) is 10.9. The van der Waals surface area contributed by atoms with E-state index in [4.69, 9.17) is 0 Å². The van der Waals surface area contributed by atoms with Crippen molar-refractivity contribution < 1.29 is 5.11 Å². The molecule has 1 atom stereocenters. The Kier molecular flexibility index (Phi) is 3.41. The maximum atomic E-state index is 9.68. The van der Waals surface area contributed by atoms with Crippen LogP contribution in [0.3, 0.4) is 0 Å². The lowest BCUT2D eigenvalue weighted by molar-refractivity contribution is 0.105. The van der Waals surface area contributed by atoms with Gasteiger partial charge < -0.3 is 5.11 Å². The van der Waals surface area contributed by atoms with Crippen LogP contribution in [0.1, 0.15) is 20.8 Å². The van der Waals surface area contributed by atoms with E-state index in [9.17, 15) is 5.11 Å². The monoisotopic (exact) mass is 195 g/mol. The minimum absolute atomic E-state index is 0.112. The lowest BCUT2D eigenvalue weighted by atomic mass is 9.89. The van der Waals surface area contributed by atoms with Gasteiger partial charge in [-0.3, -0.25) is 0 Å². The van der Waals surface area contributed by atoms with Gasteiger partial charge in [0.1, 0.15) is 12.7 Å². The van der Waals surface area contributed by atoms with Gasteiger partial charge in [0.15, 0.2) is 0 Å². The second-order valence-corrected chi connectivity index (χ2v) is 4.36. The van der Waals surface area contributed by atoms with E-state index in [1.807, 2.05) is 26.8 Å². The smallest absolute Gasteiger partial charge is 0.137 e. The van der Waals surface area contributed by atoms with Gasteiger partial charge in [-0.2, -0.15) is 5.10 Å². The molecule has 0 aliphatic heterocycles. The van der Waals surface area contributed by atoms with Crippen LogP contribution in [0.4, 0.5) is 0 Å². The van der Waals surface area contributed by atoms with Crippen molar-refractivity contribution in [2.45, 2.75) is 33.4 Å². The third kappa shape index (κ3) is 3.30. The maximum Gasteiger partial charge on any atom is 0.137 e. The molecule has 0 bridgehead atoms. The van der Waals surface area contributed by atoms with Crippen molar-refractivity contribution in [3.05, 3.63) is 24.8 Å². The predicted octanol–water partition coefficient (Wildman–Crippen LogP) is 1.24. The number of allylic oxidation sites excluding steroid dienone is 1. The fourth-order valence-corrected chi connectivity index (χ4v) is 0.913. The summed E-state index contributed by atoms with van der Waals surface area (Å²) in [7, 11) is 0. The van der Waals surface area contributed by atoms with Crippen LogP contribution in [0.5, 0.6) is 0 Å². The first-order chi connectivity index (χ1) is 6.50. The molecule has 1 aromatic rings. The second kappa shape index (κ2) is 4.37. The molecule has 1 aromatic heterocycles. The quantitative estimate of drug-likeness (QED) is 0.738. The standard InChI is InChI=1S/C10H17N3O/c1-10(2,3)9(14)5-4-6-13-8-11-7-12-13/h4-5,7-9,14H,6H2,1-3H3/b5-4+. The summed E-state index contributed by atoms with van der Waals surface area (Å²) >= 11 is 0. The normalized spacial score (nSPS) is 14.9. The Hall–Kier alpha value is -1.16. The van der Waals surface area contributed by atoms with E-state index in [0.29, 0.717) is 6.54 Å². The molecule has 1 heterocycles. The van der Waals surface area contributed by atoms with Crippen molar-refractivity contribution in [1.82, 2.24) is 14.8 Å². The number of aliphatic hydroxyl groups excluding tert-OH is 1. The third-order valence-corrected chi connectivity index (χ3v) is 1.96. The zero-order valence-corrected chi connectivity index (χ0v) is 8.88. The molecule has 0 aliphatic carbocycles. The van der Waals surface area contributed by atoms with E-state index in [1.165, 1.54) is 6.33 Å². The second-order valence-electron chi connectivity index (χ2n) is 4.36. The summed E-state index contributed by atoms with van der Waals surface area (Å²) < 4.78 is 1.70. The van der Waals surface area contributed by atoms with Crippen molar-refractivity contribution in [3.8, 4) is 0 Å².